The standard InChI is InChI=1S/C26H19N3O6/c1-14-11-20-24(12-15(14)2)35-26(28-20)19-13-17(5-8-21(19)30)27-25(31)23-10-9-22(34-23)16-3-6-18(7-4-16)29(32)33/h3-13,30H,1-2H3,(H,27,31). The van der Waals surface area contributed by atoms with Gasteiger partial charge < -0.3 is 19.3 Å². The third-order valence-electron chi connectivity index (χ3n) is 5.68. The molecule has 0 saturated carbocycles. The zero-order chi connectivity index (χ0) is 24.7. The van der Waals surface area contributed by atoms with Crippen LogP contribution in [0.5, 0.6) is 5.75 Å². The molecule has 9 heteroatoms. The molecule has 0 bridgehead atoms. The second-order valence-corrected chi connectivity index (χ2v) is 8.08. The van der Waals surface area contributed by atoms with Gasteiger partial charge in [-0.05, 0) is 79.6 Å². The van der Waals surface area contributed by atoms with E-state index in [2.05, 4.69) is 10.3 Å². The van der Waals surface area contributed by atoms with Gasteiger partial charge in [-0.15, -0.1) is 0 Å². The maximum absolute atomic E-state index is 12.8. The van der Waals surface area contributed by atoms with Crippen LogP contribution in [0.4, 0.5) is 11.4 Å². The summed E-state index contributed by atoms with van der Waals surface area (Å²) in [6, 6.07) is 17.3. The summed E-state index contributed by atoms with van der Waals surface area (Å²) >= 11 is 0. The predicted molar refractivity (Wildman–Crippen MR) is 129 cm³/mol. The number of anilines is 1. The highest BCUT2D eigenvalue weighted by atomic mass is 16.6. The summed E-state index contributed by atoms with van der Waals surface area (Å²) in [6.45, 7) is 3.96. The van der Waals surface area contributed by atoms with Crippen LogP contribution in [0.3, 0.4) is 0 Å². The van der Waals surface area contributed by atoms with Gasteiger partial charge in [0, 0.05) is 23.4 Å². The molecule has 0 radical (unpaired) electrons. The quantitative estimate of drug-likeness (QED) is 0.177. The van der Waals surface area contributed by atoms with Gasteiger partial charge in [0.15, 0.2) is 11.3 Å². The lowest BCUT2D eigenvalue weighted by Crippen LogP contribution is -2.10. The highest BCUT2D eigenvalue weighted by molar-refractivity contribution is 6.03. The van der Waals surface area contributed by atoms with E-state index in [-0.39, 0.29) is 23.1 Å². The Morgan fingerprint density at radius 3 is 2.46 bits per heavy atom. The molecule has 0 saturated heterocycles. The van der Waals surface area contributed by atoms with Crippen LogP contribution in [0.15, 0.2) is 75.6 Å². The first kappa shape index (κ1) is 21.9. The second kappa shape index (κ2) is 8.45. The number of aryl methyl sites for hydroxylation is 2. The minimum absolute atomic E-state index is 0.0365. The van der Waals surface area contributed by atoms with E-state index in [9.17, 15) is 20.0 Å². The summed E-state index contributed by atoms with van der Waals surface area (Å²) in [6.07, 6.45) is 0. The molecule has 2 aromatic heterocycles. The Morgan fingerprint density at radius 1 is 0.971 bits per heavy atom. The van der Waals surface area contributed by atoms with Crippen molar-refractivity contribution in [1.82, 2.24) is 4.98 Å². The van der Waals surface area contributed by atoms with Crippen molar-refractivity contribution in [2.24, 2.45) is 0 Å². The molecule has 5 aromatic rings. The Balaban J connectivity index is 1.38. The first-order valence-electron chi connectivity index (χ1n) is 10.7. The SMILES string of the molecule is Cc1cc2nc(-c3cc(NC(=O)c4ccc(-c5ccc([N+](=O)[O-])cc5)o4)ccc3O)oc2cc1C. The molecule has 0 atom stereocenters. The first-order chi connectivity index (χ1) is 16.8. The predicted octanol–water partition coefficient (Wildman–Crippen LogP) is 6.24. The van der Waals surface area contributed by atoms with Gasteiger partial charge >= 0.3 is 0 Å². The van der Waals surface area contributed by atoms with Crippen LogP contribution in [0.1, 0.15) is 21.7 Å². The number of fused-ring (bicyclic) bond motifs is 1. The summed E-state index contributed by atoms with van der Waals surface area (Å²) in [5, 5.41) is 23.9. The van der Waals surface area contributed by atoms with E-state index in [0.29, 0.717) is 33.7 Å². The van der Waals surface area contributed by atoms with Gasteiger partial charge in [-0.25, -0.2) is 4.98 Å². The van der Waals surface area contributed by atoms with Crippen LogP contribution in [0.2, 0.25) is 0 Å². The van der Waals surface area contributed by atoms with Crippen molar-refractivity contribution < 1.29 is 23.7 Å². The lowest BCUT2D eigenvalue weighted by molar-refractivity contribution is -0.384. The summed E-state index contributed by atoms with van der Waals surface area (Å²) in [5.74, 6) is 0.145. The summed E-state index contributed by atoms with van der Waals surface area (Å²) in [7, 11) is 0. The molecule has 0 fully saturated rings. The molecular weight excluding hydrogens is 450 g/mol. The lowest BCUT2D eigenvalue weighted by Gasteiger charge is -2.06. The van der Waals surface area contributed by atoms with Crippen molar-refractivity contribution in [3.05, 3.63) is 93.7 Å². The molecule has 174 valence electrons. The number of phenols is 1. The Labute approximate surface area is 198 Å². The van der Waals surface area contributed by atoms with Crippen LogP contribution in [0, 0.1) is 24.0 Å². The van der Waals surface area contributed by atoms with Crippen molar-refractivity contribution in [3.63, 3.8) is 0 Å². The second-order valence-electron chi connectivity index (χ2n) is 8.08. The summed E-state index contributed by atoms with van der Waals surface area (Å²) in [4.78, 5) is 27.6. The smallest absolute Gasteiger partial charge is 0.291 e. The van der Waals surface area contributed by atoms with E-state index in [1.165, 1.54) is 24.3 Å². The van der Waals surface area contributed by atoms with Gasteiger partial charge in [0.1, 0.15) is 17.0 Å². The fraction of sp³-hybridized carbons (Fsp3) is 0.0769. The average Bonchev–Trinajstić information content (AvgIpc) is 3.48. The number of benzene rings is 3. The Morgan fingerprint density at radius 2 is 1.71 bits per heavy atom. The maximum atomic E-state index is 12.8. The number of phenolic OH excluding ortho intramolecular Hbond substituents is 1. The van der Waals surface area contributed by atoms with Crippen molar-refractivity contribution >= 4 is 28.4 Å². The normalized spacial score (nSPS) is 11.0. The number of furan rings is 1. The number of hydrogen-bond donors (Lipinski definition) is 2. The molecule has 9 nitrogen and oxygen atoms in total. The molecule has 2 N–H and O–H groups in total. The zero-order valence-corrected chi connectivity index (χ0v) is 18.7. The van der Waals surface area contributed by atoms with Crippen LogP contribution >= 0.6 is 0 Å². The number of nitrogens with one attached hydrogen (secondary N) is 1. The monoisotopic (exact) mass is 469 g/mol. The van der Waals surface area contributed by atoms with E-state index < -0.39 is 10.8 Å². The topological polar surface area (TPSA) is 132 Å². The van der Waals surface area contributed by atoms with Gasteiger partial charge in [-0.3, -0.25) is 14.9 Å². The molecule has 2 heterocycles. The van der Waals surface area contributed by atoms with Gasteiger partial charge in [-0.2, -0.15) is 0 Å². The molecule has 0 unspecified atom stereocenters. The van der Waals surface area contributed by atoms with Crippen LogP contribution < -0.4 is 5.32 Å². The first-order valence-corrected chi connectivity index (χ1v) is 10.7. The molecule has 0 aliphatic heterocycles. The number of hydrogen-bond acceptors (Lipinski definition) is 7. The Kier molecular flexibility index (Phi) is 5.29. The number of amides is 1. The largest absolute Gasteiger partial charge is 0.507 e. The van der Waals surface area contributed by atoms with Crippen LogP contribution in [-0.2, 0) is 0 Å². The number of nitro groups is 1. The molecule has 3 aromatic carbocycles. The Bertz CT molecular complexity index is 1560. The molecule has 5 rings (SSSR count). The van der Waals surface area contributed by atoms with E-state index in [4.69, 9.17) is 8.83 Å². The number of non-ortho nitro benzene ring substituents is 1. The number of nitrogens with zero attached hydrogens (tertiary/aromatic N) is 2. The highest BCUT2D eigenvalue weighted by Gasteiger charge is 2.17. The number of aromatic nitrogens is 1. The van der Waals surface area contributed by atoms with E-state index in [0.717, 1.165) is 11.1 Å². The molecular formula is C26H19N3O6. The van der Waals surface area contributed by atoms with E-state index in [1.807, 2.05) is 26.0 Å². The molecule has 0 aliphatic carbocycles. The lowest BCUT2D eigenvalue weighted by atomic mass is 10.1. The van der Waals surface area contributed by atoms with Crippen LogP contribution in [-0.4, -0.2) is 20.9 Å². The number of carbonyl (C=O) groups is 1. The van der Waals surface area contributed by atoms with Crippen molar-refractivity contribution in [2.75, 3.05) is 5.32 Å². The minimum Gasteiger partial charge on any atom is -0.507 e. The van der Waals surface area contributed by atoms with Gasteiger partial charge in [0.05, 0.1) is 10.5 Å². The fourth-order valence-electron chi connectivity index (χ4n) is 3.64. The molecule has 0 spiro atoms. The molecule has 1 amide bonds. The average molecular weight is 469 g/mol. The van der Waals surface area contributed by atoms with Crippen LogP contribution in [0.25, 0.3) is 33.9 Å². The molecule has 35 heavy (non-hydrogen) atoms. The summed E-state index contributed by atoms with van der Waals surface area (Å²) < 4.78 is 11.5. The zero-order valence-electron chi connectivity index (χ0n) is 18.7. The third-order valence-corrected chi connectivity index (χ3v) is 5.68. The van der Waals surface area contributed by atoms with Crippen molar-refractivity contribution in [3.8, 4) is 28.5 Å². The van der Waals surface area contributed by atoms with E-state index >= 15 is 0 Å². The minimum atomic E-state index is -0.501. The highest BCUT2D eigenvalue weighted by Crippen LogP contribution is 2.34. The van der Waals surface area contributed by atoms with Crippen molar-refractivity contribution in [1.29, 1.82) is 0 Å². The fourth-order valence-corrected chi connectivity index (χ4v) is 3.64. The number of aromatic hydroxyl groups is 1. The number of nitro benzene ring substituents is 1. The Hall–Kier alpha value is -4.92. The van der Waals surface area contributed by atoms with Gasteiger partial charge in [-0.1, -0.05) is 0 Å². The maximum Gasteiger partial charge on any atom is 0.291 e. The van der Waals surface area contributed by atoms with Crippen molar-refractivity contribution in [2.45, 2.75) is 13.8 Å². The molecule has 0 aliphatic rings. The van der Waals surface area contributed by atoms with Gasteiger partial charge in [0.25, 0.3) is 11.6 Å². The van der Waals surface area contributed by atoms with Gasteiger partial charge in [0.2, 0.25) is 5.89 Å². The third kappa shape index (κ3) is 4.22. The summed E-state index contributed by atoms with van der Waals surface area (Å²) in [5.41, 5.74) is 4.73. The number of carbonyl (C=O) groups excluding carboxylic acids is 1. The van der Waals surface area contributed by atoms with E-state index in [1.54, 1.807) is 30.3 Å². The number of rotatable bonds is 5. The number of oxazole rings is 1.